The minimum atomic E-state index is -0.544. The molecule has 2 aliphatic rings. The van der Waals surface area contributed by atoms with Gasteiger partial charge in [-0.1, -0.05) is 18.2 Å². The average molecular weight is 360 g/mol. The van der Waals surface area contributed by atoms with E-state index in [4.69, 9.17) is 4.74 Å². The topological polar surface area (TPSA) is 70.2 Å². The number of ether oxygens (including phenoxy) is 1. The summed E-state index contributed by atoms with van der Waals surface area (Å²) >= 11 is 0. The van der Waals surface area contributed by atoms with Crippen LogP contribution in [0, 0.1) is 0 Å². The fourth-order valence-electron chi connectivity index (χ4n) is 4.12. The predicted octanol–water partition coefficient (Wildman–Crippen LogP) is 3.23. The fraction of sp³-hybridized carbons (Fsp3) is 0.238. The van der Waals surface area contributed by atoms with Gasteiger partial charge in [0.05, 0.1) is 13.3 Å². The van der Waals surface area contributed by atoms with Crippen molar-refractivity contribution in [2.75, 3.05) is 23.9 Å². The summed E-state index contributed by atoms with van der Waals surface area (Å²) in [6, 6.07) is 14.0. The van der Waals surface area contributed by atoms with Crippen LogP contribution in [0.3, 0.4) is 0 Å². The molecule has 3 heterocycles. The van der Waals surface area contributed by atoms with E-state index in [1.54, 1.807) is 13.3 Å². The molecule has 2 aromatic carbocycles. The second-order valence-electron chi connectivity index (χ2n) is 7.15. The number of H-pyrrole nitrogens is 1. The molecule has 3 aromatic rings. The van der Waals surface area contributed by atoms with Crippen LogP contribution in [0.25, 0.3) is 11.1 Å². The molecule has 1 fully saturated rings. The first-order valence-electron chi connectivity index (χ1n) is 9.05. The number of nitrogens with one attached hydrogen (secondary N) is 2. The van der Waals surface area contributed by atoms with Crippen molar-refractivity contribution in [2.45, 2.75) is 18.4 Å². The first-order valence-corrected chi connectivity index (χ1v) is 9.05. The van der Waals surface area contributed by atoms with Crippen molar-refractivity contribution in [3.63, 3.8) is 0 Å². The largest absolute Gasteiger partial charge is 0.497 e. The lowest BCUT2D eigenvalue weighted by Crippen LogP contribution is -2.45. The summed E-state index contributed by atoms with van der Waals surface area (Å²) in [4.78, 5) is 15.2. The maximum atomic E-state index is 13.3. The van der Waals surface area contributed by atoms with Gasteiger partial charge in [0.2, 0.25) is 0 Å². The summed E-state index contributed by atoms with van der Waals surface area (Å²) in [6.07, 6.45) is 5.15. The Hall–Kier alpha value is -3.28. The smallest absolute Gasteiger partial charge is 0.253 e. The van der Waals surface area contributed by atoms with Crippen molar-refractivity contribution in [3.05, 3.63) is 60.4 Å². The monoisotopic (exact) mass is 360 g/mol. The maximum absolute atomic E-state index is 13.3. The summed E-state index contributed by atoms with van der Waals surface area (Å²) < 4.78 is 5.31. The minimum absolute atomic E-state index is 0.133. The van der Waals surface area contributed by atoms with Gasteiger partial charge >= 0.3 is 0 Å². The average Bonchev–Trinajstić information content (AvgIpc) is 3.42. The van der Waals surface area contributed by atoms with E-state index in [0.717, 1.165) is 41.1 Å². The number of hydrogen-bond acceptors (Lipinski definition) is 4. The number of anilines is 2. The zero-order chi connectivity index (χ0) is 18.4. The van der Waals surface area contributed by atoms with Crippen molar-refractivity contribution < 1.29 is 9.53 Å². The molecule has 1 unspecified atom stereocenters. The van der Waals surface area contributed by atoms with Crippen LogP contribution in [-0.4, -0.2) is 35.3 Å². The zero-order valence-electron chi connectivity index (χ0n) is 15.0. The van der Waals surface area contributed by atoms with Crippen molar-refractivity contribution in [3.8, 4) is 16.9 Å². The van der Waals surface area contributed by atoms with Crippen molar-refractivity contribution >= 4 is 17.3 Å². The molecule has 1 saturated heterocycles. The van der Waals surface area contributed by atoms with E-state index >= 15 is 0 Å². The van der Waals surface area contributed by atoms with Crippen LogP contribution in [0.15, 0.2) is 54.9 Å². The summed E-state index contributed by atoms with van der Waals surface area (Å²) in [6.45, 7) is 0.710. The van der Waals surface area contributed by atoms with Gasteiger partial charge in [-0.15, -0.1) is 0 Å². The van der Waals surface area contributed by atoms with E-state index in [9.17, 15) is 4.79 Å². The number of carbonyl (C=O) groups excluding carboxylic acids is 1. The van der Waals surface area contributed by atoms with E-state index in [1.165, 1.54) is 5.56 Å². The number of amides is 1. The van der Waals surface area contributed by atoms with Crippen molar-refractivity contribution in [2.24, 2.45) is 0 Å². The summed E-state index contributed by atoms with van der Waals surface area (Å²) in [5, 5.41) is 10.3. The first kappa shape index (κ1) is 15.9. The summed E-state index contributed by atoms with van der Waals surface area (Å²) in [7, 11) is 1.65. The molecule has 1 atom stereocenters. The number of aromatic nitrogens is 2. The SMILES string of the molecule is COc1ccc2c(c1)NC1(CCN(c3ccc(-c4cn[nH]c4)cc3)C1=O)C2. The Morgan fingerprint density at radius 3 is 2.74 bits per heavy atom. The Morgan fingerprint density at radius 2 is 2.00 bits per heavy atom. The third kappa shape index (κ3) is 2.48. The predicted molar refractivity (Wildman–Crippen MR) is 104 cm³/mol. The Morgan fingerprint density at radius 1 is 1.15 bits per heavy atom. The minimum Gasteiger partial charge on any atom is -0.497 e. The quantitative estimate of drug-likeness (QED) is 0.752. The standard InChI is InChI=1S/C21H20N4O2/c1-27-18-7-4-15-11-21(24-19(15)10-18)8-9-25(20(21)26)17-5-2-14(3-6-17)16-12-22-23-13-16/h2-7,10,12-13,24H,8-9,11H2,1H3,(H,22,23). The van der Waals surface area contributed by atoms with Gasteiger partial charge < -0.3 is 15.0 Å². The first-order chi connectivity index (χ1) is 13.2. The molecule has 0 saturated carbocycles. The van der Waals surface area contributed by atoms with Crippen LogP contribution >= 0.6 is 0 Å². The molecule has 1 amide bonds. The van der Waals surface area contributed by atoms with Crippen LogP contribution in [0.5, 0.6) is 5.75 Å². The van der Waals surface area contributed by atoms with Gasteiger partial charge in [0.15, 0.2) is 0 Å². The Balaban J connectivity index is 1.39. The summed E-state index contributed by atoms with van der Waals surface area (Å²) in [5.74, 6) is 0.934. The highest BCUT2D eigenvalue weighted by atomic mass is 16.5. The van der Waals surface area contributed by atoms with E-state index in [0.29, 0.717) is 6.54 Å². The van der Waals surface area contributed by atoms with Crippen LogP contribution in [0.2, 0.25) is 0 Å². The maximum Gasteiger partial charge on any atom is 0.253 e. The molecule has 5 rings (SSSR count). The molecule has 2 N–H and O–H groups in total. The van der Waals surface area contributed by atoms with Crippen LogP contribution < -0.4 is 15.0 Å². The molecule has 1 aromatic heterocycles. The van der Waals surface area contributed by atoms with Crippen LogP contribution in [-0.2, 0) is 11.2 Å². The van der Waals surface area contributed by atoms with E-state index in [2.05, 4.69) is 15.5 Å². The number of hydrogen-bond donors (Lipinski definition) is 2. The molecule has 6 heteroatoms. The molecule has 136 valence electrons. The summed E-state index contributed by atoms with van der Waals surface area (Å²) in [5.41, 5.74) is 4.67. The lowest BCUT2D eigenvalue weighted by Gasteiger charge is -2.24. The third-order valence-corrected chi connectivity index (χ3v) is 5.61. The Bertz CT molecular complexity index is 998. The number of rotatable bonds is 3. The van der Waals surface area contributed by atoms with Gasteiger partial charge in [0.25, 0.3) is 5.91 Å². The molecular formula is C21H20N4O2. The molecule has 0 aliphatic carbocycles. The lowest BCUT2D eigenvalue weighted by molar-refractivity contribution is -0.120. The molecule has 6 nitrogen and oxygen atoms in total. The number of methoxy groups -OCH3 is 1. The van der Waals surface area contributed by atoms with Gasteiger partial charge in [-0.25, -0.2) is 0 Å². The Labute approximate surface area is 157 Å². The highest BCUT2D eigenvalue weighted by Gasteiger charge is 2.50. The van der Waals surface area contributed by atoms with Gasteiger partial charge in [-0.2, -0.15) is 5.10 Å². The number of nitrogens with zero attached hydrogens (tertiary/aromatic N) is 2. The van der Waals surface area contributed by atoms with Crippen molar-refractivity contribution in [1.29, 1.82) is 0 Å². The van der Waals surface area contributed by atoms with Gasteiger partial charge in [-0.3, -0.25) is 9.89 Å². The third-order valence-electron chi connectivity index (χ3n) is 5.61. The molecular weight excluding hydrogens is 340 g/mol. The van der Waals surface area contributed by atoms with Gasteiger partial charge in [0.1, 0.15) is 11.3 Å². The molecule has 0 bridgehead atoms. The van der Waals surface area contributed by atoms with Crippen LogP contribution in [0.1, 0.15) is 12.0 Å². The van der Waals surface area contributed by atoms with Gasteiger partial charge in [0, 0.05) is 42.2 Å². The van der Waals surface area contributed by atoms with E-state index in [1.807, 2.05) is 53.6 Å². The fourth-order valence-corrected chi connectivity index (χ4v) is 4.12. The molecule has 0 radical (unpaired) electrons. The number of aromatic amines is 1. The second-order valence-corrected chi connectivity index (χ2v) is 7.15. The number of fused-ring (bicyclic) bond motifs is 1. The van der Waals surface area contributed by atoms with E-state index < -0.39 is 5.54 Å². The Kier molecular flexibility index (Phi) is 3.47. The molecule has 27 heavy (non-hydrogen) atoms. The highest BCUT2D eigenvalue weighted by molar-refractivity contribution is 6.06. The number of carbonyl (C=O) groups is 1. The molecule has 1 spiro atoms. The molecule has 2 aliphatic heterocycles. The second kappa shape index (κ2) is 5.87. The van der Waals surface area contributed by atoms with Crippen LogP contribution in [0.4, 0.5) is 11.4 Å². The lowest BCUT2D eigenvalue weighted by atomic mass is 9.93. The van der Waals surface area contributed by atoms with Crippen molar-refractivity contribution in [1.82, 2.24) is 10.2 Å². The van der Waals surface area contributed by atoms with E-state index in [-0.39, 0.29) is 5.91 Å². The number of benzene rings is 2. The normalized spacial score (nSPS) is 20.8. The highest BCUT2D eigenvalue weighted by Crippen LogP contribution is 2.42. The zero-order valence-corrected chi connectivity index (χ0v) is 15.0. The van der Waals surface area contributed by atoms with Gasteiger partial charge in [-0.05, 0) is 35.7 Å².